The molecule has 0 radical (unpaired) electrons. The number of likely N-dealkylation sites (tertiary alicyclic amines) is 1. The normalized spacial score (nSPS) is 22.6. The van der Waals surface area contributed by atoms with Gasteiger partial charge in [0.2, 0.25) is 5.91 Å². The van der Waals surface area contributed by atoms with Crippen LogP contribution in [0.3, 0.4) is 0 Å². The smallest absolute Gasteiger partial charge is 0.416 e. The first kappa shape index (κ1) is 22.0. The molecule has 4 rings (SSSR count). The molecule has 0 aliphatic carbocycles. The number of alkyl halides is 3. The quantitative estimate of drug-likeness (QED) is 0.644. The van der Waals surface area contributed by atoms with Crippen LogP contribution in [0, 0.1) is 11.8 Å². The van der Waals surface area contributed by atoms with E-state index in [9.17, 15) is 18.0 Å². The Morgan fingerprint density at radius 3 is 2.71 bits per heavy atom. The number of amides is 1. The van der Waals surface area contributed by atoms with Gasteiger partial charge in [-0.3, -0.25) is 9.69 Å². The minimum atomic E-state index is -4.48. The van der Waals surface area contributed by atoms with E-state index in [0.717, 1.165) is 55.2 Å². The van der Waals surface area contributed by atoms with Gasteiger partial charge in [-0.2, -0.15) is 13.2 Å². The highest BCUT2D eigenvalue weighted by molar-refractivity contribution is 6.31. The van der Waals surface area contributed by atoms with Crippen LogP contribution in [0.4, 0.5) is 18.9 Å². The molecule has 2 aliphatic rings. The van der Waals surface area contributed by atoms with E-state index >= 15 is 0 Å². The zero-order chi connectivity index (χ0) is 22.0. The van der Waals surface area contributed by atoms with Crippen molar-refractivity contribution in [2.45, 2.75) is 32.0 Å². The average molecular weight is 453 g/mol. The van der Waals surface area contributed by atoms with Crippen molar-refractivity contribution in [2.24, 2.45) is 11.8 Å². The fourth-order valence-corrected chi connectivity index (χ4v) is 4.65. The molecule has 2 aromatic rings. The van der Waals surface area contributed by atoms with Gasteiger partial charge in [0.05, 0.1) is 17.9 Å². The van der Waals surface area contributed by atoms with Crippen LogP contribution >= 0.6 is 11.6 Å². The van der Waals surface area contributed by atoms with Crippen LogP contribution < -0.4 is 10.1 Å². The van der Waals surface area contributed by atoms with Crippen LogP contribution in [-0.2, 0) is 17.5 Å². The average Bonchev–Trinajstić information content (AvgIpc) is 2.71. The highest BCUT2D eigenvalue weighted by atomic mass is 35.5. The molecule has 166 valence electrons. The molecule has 8 heteroatoms. The Morgan fingerprint density at radius 1 is 1.13 bits per heavy atom. The van der Waals surface area contributed by atoms with Crippen molar-refractivity contribution in [3.63, 3.8) is 0 Å². The highest BCUT2D eigenvalue weighted by Crippen LogP contribution is 2.37. The number of hydrogen-bond acceptors (Lipinski definition) is 3. The van der Waals surface area contributed by atoms with Crippen LogP contribution in [-0.4, -0.2) is 30.5 Å². The lowest BCUT2D eigenvalue weighted by atomic mass is 9.81. The Labute approximate surface area is 184 Å². The highest BCUT2D eigenvalue weighted by Gasteiger charge is 2.34. The molecule has 31 heavy (non-hydrogen) atoms. The summed E-state index contributed by atoms with van der Waals surface area (Å²) in [5.41, 5.74) is 0.346. The van der Waals surface area contributed by atoms with E-state index in [1.165, 1.54) is 6.07 Å². The Morgan fingerprint density at radius 2 is 1.94 bits per heavy atom. The van der Waals surface area contributed by atoms with Gasteiger partial charge in [-0.1, -0.05) is 29.8 Å². The molecule has 2 atom stereocenters. The van der Waals surface area contributed by atoms with Gasteiger partial charge in [0.25, 0.3) is 0 Å². The molecule has 0 saturated carbocycles. The number of carbonyl (C=O) groups excluding carboxylic acids is 1. The first-order chi connectivity index (χ1) is 14.8. The van der Waals surface area contributed by atoms with Gasteiger partial charge < -0.3 is 10.1 Å². The third kappa shape index (κ3) is 5.33. The summed E-state index contributed by atoms with van der Waals surface area (Å²) in [6.45, 7) is 2.80. The van der Waals surface area contributed by atoms with Crippen molar-refractivity contribution in [3.05, 3.63) is 58.6 Å². The van der Waals surface area contributed by atoms with Gasteiger partial charge in [-0.25, -0.2) is 0 Å². The summed E-state index contributed by atoms with van der Waals surface area (Å²) in [5, 5.41) is 3.38. The van der Waals surface area contributed by atoms with E-state index in [2.05, 4.69) is 10.2 Å². The minimum absolute atomic E-state index is 0.0782. The number of benzene rings is 2. The summed E-state index contributed by atoms with van der Waals surface area (Å²) in [5.74, 6) is 0.417. The summed E-state index contributed by atoms with van der Waals surface area (Å²) in [6, 6.07) is 11.0. The van der Waals surface area contributed by atoms with E-state index < -0.39 is 11.7 Å². The molecule has 0 unspecified atom stereocenters. The molecule has 0 spiro atoms. The molecule has 0 aromatic heterocycles. The zero-order valence-electron chi connectivity index (χ0n) is 16.9. The third-order valence-corrected chi connectivity index (χ3v) is 6.47. The molecule has 1 fully saturated rings. The third-order valence-electron chi connectivity index (χ3n) is 6.10. The fourth-order valence-electron chi connectivity index (χ4n) is 4.45. The monoisotopic (exact) mass is 452 g/mol. The van der Waals surface area contributed by atoms with Crippen molar-refractivity contribution in [2.75, 3.05) is 25.0 Å². The largest absolute Gasteiger partial charge is 0.491 e. The summed E-state index contributed by atoms with van der Waals surface area (Å²) < 4.78 is 44.9. The number of fused-ring (bicyclic) bond motifs is 2. The molecule has 2 heterocycles. The molecule has 1 saturated heterocycles. The Bertz CT molecular complexity index is 951. The van der Waals surface area contributed by atoms with Gasteiger partial charge in [0.1, 0.15) is 5.75 Å². The van der Waals surface area contributed by atoms with Crippen molar-refractivity contribution in [3.8, 4) is 5.75 Å². The standard InChI is InChI=1S/C23H24ClF3N2O2/c24-19-4-2-1-3-17(19)14-29-9-7-15-11-22(30)28-20-12-18(23(25,26)27)5-6-21(20)31-10-8-16(15)13-29/h1-6,12,15-16H,7-11,13-14H2,(H,28,30)/t15-,16-/m0/s1. The van der Waals surface area contributed by atoms with Gasteiger partial charge in [-0.15, -0.1) is 0 Å². The SMILES string of the molecule is O=C1C[C@@H]2CCN(Cc3ccccc3Cl)C[C@@H]2CCOc2ccc(C(F)(F)F)cc2N1. The summed E-state index contributed by atoms with van der Waals surface area (Å²) in [4.78, 5) is 15.0. The predicted molar refractivity (Wildman–Crippen MR) is 113 cm³/mol. The summed E-state index contributed by atoms with van der Waals surface area (Å²) in [7, 11) is 0. The molecule has 2 aromatic carbocycles. The first-order valence-corrected chi connectivity index (χ1v) is 10.8. The van der Waals surface area contributed by atoms with E-state index in [-0.39, 0.29) is 29.2 Å². The minimum Gasteiger partial charge on any atom is -0.491 e. The summed E-state index contributed by atoms with van der Waals surface area (Å²) >= 11 is 6.30. The van der Waals surface area contributed by atoms with Crippen LogP contribution in [0.25, 0.3) is 0 Å². The fraction of sp³-hybridized carbons (Fsp3) is 0.435. The number of nitrogens with zero attached hydrogens (tertiary/aromatic N) is 1. The van der Waals surface area contributed by atoms with Crippen molar-refractivity contribution >= 4 is 23.2 Å². The van der Waals surface area contributed by atoms with Crippen molar-refractivity contribution in [1.82, 2.24) is 4.90 Å². The van der Waals surface area contributed by atoms with Gasteiger partial charge >= 0.3 is 6.18 Å². The lowest BCUT2D eigenvalue weighted by Gasteiger charge is -2.39. The second-order valence-corrected chi connectivity index (χ2v) is 8.64. The Balaban J connectivity index is 1.47. The second kappa shape index (κ2) is 9.09. The van der Waals surface area contributed by atoms with Crippen LogP contribution in [0.1, 0.15) is 30.4 Å². The first-order valence-electron chi connectivity index (χ1n) is 10.4. The van der Waals surface area contributed by atoms with Gasteiger partial charge in [0, 0.05) is 24.5 Å². The van der Waals surface area contributed by atoms with Crippen LogP contribution in [0.5, 0.6) is 5.75 Å². The van der Waals surface area contributed by atoms with E-state index in [1.54, 1.807) is 0 Å². The number of rotatable bonds is 2. The number of ether oxygens (including phenoxy) is 1. The van der Waals surface area contributed by atoms with Crippen molar-refractivity contribution < 1.29 is 22.7 Å². The molecule has 2 aliphatic heterocycles. The Hall–Kier alpha value is -2.25. The number of carbonyl (C=O) groups is 1. The van der Waals surface area contributed by atoms with Crippen LogP contribution in [0.2, 0.25) is 5.02 Å². The van der Waals surface area contributed by atoms with Crippen molar-refractivity contribution in [1.29, 1.82) is 0 Å². The predicted octanol–water partition coefficient (Wildman–Crippen LogP) is 5.61. The van der Waals surface area contributed by atoms with E-state index in [0.29, 0.717) is 13.0 Å². The number of nitrogens with one attached hydrogen (secondary N) is 1. The molecular formula is C23H24ClF3N2O2. The number of hydrogen-bond donors (Lipinski definition) is 1. The number of halogens is 4. The molecular weight excluding hydrogens is 429 g/mol. The molecule has 1 amide bonds. The summed E-state index contributed by atoms with van der Waals surface area (Å²) in [6.07, 6.45) is -2.61. The lowest BCUT2D eigenvalue weighted by Crippen LogP contribution is -2.42. The second-order valence-electron chi connectivity index (χ2n) is 8.23. The van der Waals surface area contributed by atoms with Gasteiger partial charge in [-0.05, 0) is 61.1 Å². The maximum atomic E-state index is 13.1. The zero-order valence-corrected chi connectivity index (χ0v) is 17.7. The molecule has 1 N–H and O–H groups in total. The van der Waals surface area contributed by atoms with E-state index in [1.807, 2.05) is 24.3 Å². The maximum absolute atomic E-state index is 13.1. The van der Waals surface area contributed by atoms with E-state index in [4.69, 9.17) is 16.3 Å². The Kier molecular flexibility index (Phi) is 6.44. The number of anilines is 1. The molecule has 4 nitrogen and oxygen atoms in total. The lowest BCUT2D eigenvalue weighted by molar-refractivity contribution is -0.137. The van der Waals surface area contributed by atoms with Crippen LogP contribution in [0.15, 0.2) is 42.5 Å². The number of piperidine rings is 1. The molecule has 0 bridgehead atoms. The maximum Gasteiger partial charge on any atom is 0.416 e. The van der Waals surface area contributed by atoms with Gasteiger partial charge in [0.15, 0.2) is 0 Å². The topological polar surface area (TPSA) is 41.6 Å².